The molecule has 1 atom stereocenters. The van der Waals surface area contributed by atoms with E-state index in [1.807, 2.05) is 0 Å². The van der Waals surface area contributed by atoms with Crippen molar-refractivity contribution < 1.29 is 4.79 Å². The van der Waals surface area contributed by atoms with E-state index in [2.05, 4.69) is 4.99 Å². The Kier molecular flexibility index (Phi) is 2.70. The number of nitrogens with zero attached hydrogens (tertiary/aromatic N) is 1. The van der Waals surface area contributed by atoms with Crippen molar-refractivity contribution in [2.45, 2.75) is 6.92 Å². The maximum absolute atomic E-state index is 10.4. The van der Waals surface area contributed by atoms with E-state index in [-0.39, 0.29) is 5.84 Å². The molecule has 1 amide bonds. The molecule has 0 aliphatic heterocycles. The third-order valence-electron chi connectivity index (χ3n) is 1.13. The zero-order valence-corrected chi connectivity index (χ0v) is 5.59. The zero-order chi connectivity index (χ0) is 7.44. The number of amidine groups is 1. The fraction of sp³-hybridized carbons (Fsp3) is 0.600. The summed E-state index contributed by atoms with van der Waals surface area (Å²) in [6, 6.07) is 0. The lowest BCUT2D eigenvalue weighted by atomic mass is 10.1. The van der Waals surface area contributed by atoms with Crippen molar-refractivity contribution in [3.63, 3.8) is 0 Å². The van der Waals surface area contributed by atoms with Gasteiger partial charge in [0.15, 0.2) is 0 Å². The fourth-order valence-corrected chi connectivity index (χ4v) is 0.339. The highest BCUT2D eigenvalue weighted by molar-refractivity contribution is 6.01. The summed E-state index contributed by atoms with van der Waals surface area (Å²) < 4.78 is 0. The molecule has 0 radical (unpaired) electrons. The Morgan fingerprint density at radius 3 is 2.11 bits per heavy atom. The summed E-state index contributed by atoms with van der Waals surface area (Å²) in [5.41, 5.74) is 10.2. The highest BCUT2D eigenvalue weighted by Crippen LogP contribution is 1.90. The average molecular weight is 129 g/mol. The van der Waals surface area contributed by atoms with Crippen LogP contribution in [0.15, 0.2) is 4.99 Å². The van der Waals surface area contributed by atoms with E-state index < -0.39 is 11.8 Å². The van der Waals surface area contributed by atoms with Gasteiger partial charge in [0.05, 0.1) is 5.92 Å². The van der Waals surface area contributed by atoms with Crippen LogP contribution in [0, 0.1) is 5.92 Å². The predicted octanol–water partition coefficient (Wildman–Crippen LogP) is -0.905. The van der Waals surface area contributed by atoms with E-state index in [0.717, 1.165) is 0 Å². The summed E-state index contributed by atoms with van der Waals surface area (Å²) in [5.74, 6) is -0.615. The lowest BCUT2D eigenvalue weighted by Gasteiger charge is -2.03. The average Bonchev–Trinajstić information content (AvgIpc) is 1.84. The first kappa shape index (κ1) is 7.94. The molecule has 0 aromatic heterocycles. The summed E-state index contributed by atoms with van der Waals surface area (Å²) in [4.78, 5) is 14.0. The van der Waals surface area contributed by atoms with Gasteiger partial charge in [-0.05, 0) is 6.92 Å². The Hall–Kier alpha value is -1.06. The first-order chi connectivity index (χ1) is 4.09. The molecule has 0 rings (SSSR count). The van der Waals surface area contributed by atoms with Crippen molar-refractivity contribution in [2.75, 3.05) is 7.05 Å². The fourth-order valence-electron chi connectivity index (χ4n) is 0.339. The topological polar surface area (TPSA) is 81.5 Å². The van der Waals surface area contributed by atoms with Crippen molar-refractivity contribution in [3.05, 3.63) is 0 Å². The molecule has 9 heavy (non-hydrogen) atoms. The molecule has 0 aliphatic rings. The predicted molar refractivity (Wildman–Crippen MR) is 35.9 cm³/mol. The van der Waals surface area contributed by atoms with Gasteiger partial charge in [-0.3, -0.25) is 9.79 Å². The highest BCUT2D eigenvalue weighted by Gasteiger charge is 2.11. The molecule has 4 N–H and O–H groups in total. The minimum atomic E-state index is -0.449. The standard InChI is InChI=1S/C5H11N3O/c1-3(5(7)9)4(6)8-2/h3H,1-2H3,(H2,6,8)(H2,7,9). The Morgan fingerprint density at radius 2 is 2.00 bits per heavy atom. The van der Waals surface area contributed by atoms with E-state index in [4.69, 9.17) is 11.5 Å². The number of rotatable bonds is 2. The van der Waals surface area contributed by atoms with Crippen LogP contribution in [0.3, 0.4) is 0 Å². The zero-order valence-electron chi connectivity index (χ0n) is 5.59. The normalized spacial score (nSPS) is 15.1. The summed E-state index contributed by atoms with van der Waals surface area (Å²) >= 11 is 0. The maximum atomic E-state index is 10.4. The number of hydrogen-bond donors (Lipinski definition) is 2. The molecular formula is C5H11N3O. The van der Waals surface area contributed by atoms with Gasteiger partial charge in [-0.1, -0.05) is 0 Å². The summed E-state index contributed by atoms with van der Waals surface area (Å²) in [6.07, 6.45) is 0. The maximum Gasteiger partial charge on any atom is 0.227 e. The summed E-state index contributed by atoms with van der Waals surface area (Å²) in [7, 11) is 1.52. The van der Waals surface area contributed by atoms with Gasteiger partial charge in [0.1, 0.15) is 5.84 Å². The monoisotopic (exact) mass is 129 g/mol. The molecular weight excluding hydrogens is 118 g/mol. The Labute approximate surface area is 53.9 Å². The van der Waals surface area contributed by atoms with Crippen molar-refractivity contribution in [2.24, 2.45) is 22.4 Å². The second-order valence-electron chi connectivity index (χ2n) is 1.77. The molecule has 4 heteroatoms. The SMILES string of the molecule is CN=C(N)C(C)C(N)=O. The summed E-state index contributed by atoms with van der Waals surface area (Å²) in [5, 5.41) is 0. The smallest absolute Gasteiger partial charge is 0.227 e. The van der Waals surface area contributed by atoms with Crippen molar-refractivity contribution in [3.8, 4) is 0 Å². The van der Waals surface area contributed by atoms with Crippen molar-refractivity contribution >= 4 is 11.7 Å². The second kappa shape index (κ2) is 3.06. The second-order valence-corrected chi connectivity index (χ2v) is 1.77. The van der Waals surface area contributed by atoms with Crippen molar-refractivity contribution in [1.82, 2.24) is 0 Å². The van der Waals surface area contributed by atoms with Crippen LogP contribution in [0.1, 0.15) is 6.92 Å². The first-order valence-electron chi connectivity index (χ1n) is 2.61. The van der Waals surface area contributed by atoms with E-state index in [9.17, 15) is 4.79 Å². The van der Waals surface area contributed by atoms with Gasteiger partial charge < -0.3 is 11.5 Å². The number of hydrogen-bond acceptors (Lipinski definition) is 2. The number of primary amides is 1. The molecule has 0 fully saturated rings. The number of carbonyl (C=O) groups excluding carboxylic acids is 1. The third-order valence-corrected chi connectivity index (χ3v) is 1.13. The van der Waals surface area contributed by atoms with E-state index in [0.29, 0.717) is 0 Å². The van der Waals surface area contributed by atoms with Gasteiger partial charge in [0.2, 0.25) is 5.91 Å². The van der Waals surface area contributed by atoms with Crippen LogP contribution < -0.4 is 11.5 Å². The van der Waals surface area contributed by atoms with Crippen LogP contribution in [-0.2, 0) is 4.79 Å². The lowest BCUT2D eigenvalue weighted by molar-refractivity contribution is -0.119. The molecule has 0 saturated carbocycles. The molecule has 0 bridgehead atoms. The highest BCUT2D eigenvalue weighted by atomic mass is 16.1. The van der Waals surface area contributed by atoms with E-state index in [1.54, 1.807) is 6.92 Å². The third kappa shape index (κ3) is 2.12. The Balaban J connectivity index is 4.04. The molecule has 0 saturated heterocycles. The number of carbonyl (C=O) groups is 1. The Bertz CT molecular complexity index is 141. The number of nitrogens with two attached hydrogens (primary N) is 2. The van der Waals surface area contributed by atoms with E-state index in [1.165, 1.54) is 7.05 Å². The first-order valence-corrected chi connectivity index (χ1v) is 2.61. The van der Waals surface area contributed by atoms with Crippen LogP contribution in [0.4, 0.5) is 0 Å². The van der Waals surface area contributed by atoms with Crippen LogP contribution in [0.25, 0.3) is 0 Å². The van der Waals surface area contributed by atoms with Gasteiger partial charge in [-0.25, -0.2) is 0 Å². The van der Waals surface area contributed by atoms with Gasteiger partial charge >= 0.3 is 0 Å². The minimum absolute atomic E-state index is 0.280. The van der Waals surface area contributed by atoms with Crippen LogP contribution in [-0.4, -0.2) is 18.8 Å². The quantitative estimate of drug-likeness (QED) is 0.374. The van der Waals surface area contributed by atoms with Gasteiger partial charge in [-0.2, -0.15) is 0 Å². The molecule has 4 nitrogen and oxygen atoms in total. The molecule has 0 aromatic carbocycles. The van der Waals surface area contributed by atoms with Gasteiger partial charge in [-0.15, -0.1) is 0 Å². The number of aliphatic imine (C=N–C) groups is 1. The minimum Gasteiger partial charge on any atom is -0.387 e. The molecule has 0 aromatic rings. The molecule has 1 unspecified atom stereocenters. The lowest BCUT2D eigenvalue weighted by Crippen LogP contribution is -2.32. The molecule has 0 spiro atoms. The van der Waals surface area contributed by atoms with Crippen molar-refractivity contribution in [1.29, 1.82) is 0 Å². The largest absolute Gasteiger partial charge is 0.387 e. The summed E-state index contributed by atoms with van der Waals surface area (Å²) in [6.45, 7) is 1.62. The number of amides is 1. The van der Waals surface area contributed by atoms with Crippen LogP contribution >= 0.6 is 0 Å². The Morgan fingerprint density at radius 1 is 1.56 bits per heavy atom. The van der Waals surface area contributed by atoms with Crippen LogP contribution in [0.2, 0.25) is 0 Å². The molecule has 52 valence electrons. The van der Waals surface area contributed by atoms with Crippen LogP contribution in [0.5, 0.6) is 0 Å². The molecule has 0 aliphatic carbocycles. The van der Waals surface area contributed by atoms with E-state index >= 15 is 0 Å². The molecule has 0 heterocycles. The van der Waals surface area contributed by atoms with Gasteiger partial charge in [0, 0.05) is 7.05 Å². The van der Waals surface area contributed by atoms with Gasteiger partial charge in [0.25, 0.3) is 0 Å².